The molecular weight excluding hydrogens is 343 g/mol. The lowest BCUT2D eigenvalue weighted by atomic mass is 10.2. The van der Waals surface area contributed by atoms with Gasteiger partial charge in [-0.2, -0.15) is 0 Å². The number of pyridine rings is 1. The van der Waals surface area contributed by atoms with Crippen LogP contribution in [0.5, 0.6) is 5.75 Å². The number of benzene rings is 1. The largest absolute Gasteiger partial charge is 0.494 e. The molecule has 0 radical (unpaired) electrons. The smallest absolute Gasteiger partial charge is 0.261 e. The van der Waals surface area contributed by atoms with E-state index in [-0.39, 0.29) is 17.9 Å². The molecule has 1 aromatic carbocycles. The number of halogens is 1. The number of thiophene rings is 1. The van der Waals surface area contributed by atoms with E-state index in [2.05, 4.69) is 10.3 Å². The fourth-order valence-electron chi connectivity index (χ4n) is 2.33. The molecular formula is C18H15FN2O3S. The lowest BCUT2D eigenvalue weighted by Crippen LogP contribution is -2.29. The molecule has 3 rings (SSSR count). The van der Waals surface area contributed by atoms with Crippen molar-refractivity contribution >= 4 is 17.2 Å². The van der Waals surface area contributed by atoms with Crippen LogP contribution in [0.3, 0.4) is 0 Å². The van der Waals surface area contributed by atoms with E-state index < -0.39 is 17.3 Å². The Hall–Kier alpha value is -2.93. The molecule has 7 heteroatoms. The maximum atomic E-state index is 13.6. The minimum atomic E-state index is -0.518. The van der Waals surface area contributed by atoms with Crippen LogP contribution in [0.2, 0.25) is 0 Å². The summed E-state index contributed by atoms with van der Waals surface area (Å²) in [5, 5.41) is 4.52. The van der Waals surface area contributed by atoms with Gasteiger partial charge in [0, 0.05) is 6.54 Å². The monoisotopic (exact) mass is 358 g/mol. The number of ether oxygens (including phenoxy) is 1. The van der Waals surface area contributed by atoms with Crippen LogP contribution in [-0.2, 0) is 6.54 Å². The number of H-pyrrole nitrogens is 1. The van der Waals surface area contributed by atoms with Gasteiger partial charge in [-0.15, -0.1) is 11.3 Å². The van der Waals surface area contributed by atoms with Crippen molar-refractivity contribution in [2.75, 3.05) is 7.11 Å². The summed E-state index contributed by atoms with van der Waals surface area (Å²) in [7, 11) is 1.38. The predicted octanol–water partition coefficient (Wildman–Crippen LogP) is 3.18. The molecule has 5 nitrogen and oxygen atoms in total. The van der Waals surface area contributed by atoms with E-state index in [1.54, 1.807) is 12.1 Å². The van der Waals surface area contributed by atoms with E-state index in [4.69, 9.17) is 4.74 Å². The van der Waals surface area contributed by atoms with Crippen LogP contribution in [0.4, 0.5) is 4.39 Å². The number of carbonyl (C=O) groups excluding carboxylic acids is 1. The third kappa shape index (κ3) is 3.77. The minimum absolute atomic E-state index is 0.00860. The normalized spacial score (nSPS) is 10.5. The number of aromatic nitrogens is 1. The highest BCUT2D eigenvalue weighted by Crippen LogP contribution is 2.21. The van der Waals surface area contributed by atoms with Gasteiger partial charge in [0.15, 0.2) is 11.6 Å². The van der Waals surface area contributed by atoms with Crippen LogP contribution in [0.25, 0.3) is 10.6 Å². The second-order valence-corrected chi connectivity index (χ2v) is 6.19. The topological polar surface area (TPSA) is 71.2 Å². The number of carbonyl (C=O) groups is 1. The molecule has 3 aromatic rings. The summed E-state index contributed by atoms with van der Waals surface area (Å²) in [6.07, 6.45) is 0. The van der Waals surface area contributed by atoms with Gasteiger partial charge in [-0.1, -0.05) is 12.1 Å². The van der Waals surface area contributed by atoms with Crippen molar-refractivity contribution in [3.05, 3.63) is 75.1 Å². The number of nitrogens with one attached hydrogen (secondary N) is 2. The Kier molecular flexibility index (Phi) is 4.95. The summed E-state index contributed by atoms with van der Waals surface area (Å²) in [6, 6.07) is 11.4. The molecule has 0 saturated heterocycles. The third-order valence-corrected chi connectivity index (χ3v) is 4.51. The first kappa shape index (κ1) is 16.9. The highest BCUT2D eigenvalue weighted by atomic mass is 32.1. The molecule has 0 aliphatic carbocycles. The van der Waals surface area contributed by atoms with Crippen molar-refractivity contribution in [2.45, 2.75) is 6.54 Å². The molecule has 0 unspecified atom stereocenters. The van der Waals surface area contributed by atoms with Crippen LogP contribution in [-0.4, -0.2) is 18.0 Å². The summed E-state index contributed by atoms with van der Waals surface area (Å²) in [5.41, 5.74) is 0.769. The zero-order valence-corrected chi connectivity index (χ0v) is 14.2. The molecule has 0 aliphatic rings. The molecule has 0 fully saturated rings. The zero-order valence-electron chi connectivity index (χ0n) is 13.3. The van der Waals surface area contributed by atoms with Crippen LogP contribution < -0.4 is 15.6 Å². The maximum Gasteiger partial charge on any atom is 0.261 e. The third-order valence-electron chi connectivity index (χ3n) is 3.61. The first-order valence-corrected chi connectivity index (χ1v) is 8.34. The molecule has 128 valence electrons. The number of hydrogen-bond acceptors (Lipinski definition) is 4. The van der Waals surface area contributed by atoms with E-state index in [1.807, 2.05) is 17.5 Å². The number of rotatable bonds is 5. The standard InChI is InChI=1S/C18H15FN2O3S/c1-24-15-7-4-11(9-13(15)19)10-20-17(22)12-5-6-14(21-18(12)23)16-3-2-8-25-16/h2-9H,10H2,1H3,(H,20,22)(H,21,23). The van der Waals surface area contributed by atoms with Crippen molar-refractivity contribution < 1.29 is 13.9 Å². The number of hydrogen-bond donors (Lipinski definition) is 2. The molecule has 25 heavy (non-hydrogen) atoms. The molecule has 0 atom stereocenters. The molecule has 0 bridgehead atoms. The highest BCUT2D eigenvalue weighted by molar-refractivity contribution is 7.13. The van der Waals surface area contributed by atoms with Crippen LogP contribution in [0, 0.1) is 5.82 Å². The van der Waals surface area contributed by atoms with Crippen LogP contribution in [0.1, 0.15) is 15.9 Å². The molecule has 1 amide bonds. The first-order valence-electron chi connectivity index (χ1n) is 7.46. The molecule has 0 spiro atoms. The van der Waals surface area contributed by atoms with Crippen molar-refractivity contribution in [3.63, 3.8) is 0 Å². The summed E-state index contributed by atoms with van der Waals surface area (Å²) in [4.78, 5) is 27.9. The van der Waals surface area contributed by atoms with Gasteiger partial charge in [0.25, 0.3) is 11.5 Å². The van der Waals surface area contributed by atoms with E-state index >= 15 is 0 Å². The van der Waals surface area contributed by atoms with Crippen LogP contribution >= 0.6 is 11.3 Å². The van der Waals surface area contributed by atoms with Gasteiger partial charge >= 0.3 is 0 Å². The Labute approximate surface area is 147 Å². The van der Waals surface area contributed by atoms with E-state index in [0.29, 0.717) is 11.3 Å². The van der Waals surface area contributed by atoms with Gasteiger partial charge in [-0.3, -0.25) is 9.59 Å². The van der Waals surface area contributed by atoms with Crippen molar-refractivity contribution in [2.24, 2.45) is 0 Å². The quantitative estimate of drug-likeness (QED) is 0.736. The number of methoxy groups -OCH3 is 1. The maximum absolute atomic E-state index is 13.6. The average Bonchev–Trinajstić information content (AvgIpc) is 3.14. The Morgan fingerprint density at radius 3 is 2.76 bits per heavy atom. The van der Waals surface area contributed by atoms with Crippen molar-refractivity contribution in [1.29, 1.82) is 0 Å². The summed E-state index contributed by atoms with van der Waals surface area (Å²) < 4.78 is 18.5. The zero-order chi connectivity index (χ0) is 17.8. The molecule has 2 aromatic heterocycles. The Morgan fingerprint density at radius 2 is 2.12 bits per heavy atom. The Morgan fingerprint density at radius 1 is 1.28 bits per heavy atom. The van der Waals surface area contributed by atoms with Gasteiger partial charge in [0.2, 0.25) is 0 Å². The fourth-order valence-corrected chi connectivity index (χ4v) is 3.03. The molecule has 2 heterocycles. The Balaban J connectivity index is 1.71. The van der Waals surface area contributed by atoms with Gasteiger partial charge in [0.1, 0.15) is 5.56 Å². The lowest BCUT2D eigenvalue weighted by molar-refractivity contribution is 0.0949. The van der Waals surface area contributed by atoms with Gasteiger partial charge in [-0.25, -0.2) is 4.39 Å². The second-order valence-electron chi connectivity index (χ2n) is 5.24. The highest BCUT2D eigenvalue weighted by Gasteiger charge is 2.12. The molecule has 2 N–H and O–H groups in total. The van der Waals surface area contributed by atoms with Gasteiger partial charge < -0.3 is 15.0 Å². The minimum Gasteiger partial charge on any atom is -0.494 e. The van der Waals surface area contributed by atoms with E-state index in [9.17, 15) is 14.0 Å². The first-order chi connectivity index (χ1) is 12.1. The average molecular weight is 358 g/mol. The SMILES string of the molecule is COc1ccc(CNC(=O)c2ccc(-c3cccs3)[nH]c2=O)cc1F. The van der Waals surface area contributed by atoms with E-state index in [0.717, 1.165) is 4.88 Å². The predicted molar refractivity (Wildman–Crippen MR) is 94.5 cm³/mol. The second kappa shape index (κ2) is 7.31. The molecule has 0 aliphatic heterocycles. The summed E-state index contributed by atoms with van der Waals surface area (Å²) >= 11 is 1.49. The van der Waals surface area contributed by atoms with Crippen LogP contribution in [0.15, 0.2) is 52.6 Å². The number of aromatic amines is 1. The Bertz CT molecular complexity index is 951. The number of amides is 1. The van der Waals surface area contributed by atoms with E-state index in [1.165, 1.54) is 36.6 Å². The van der Waals surface area contributed by atoms with Gasteiger partial charge in [0.05, 0.1) is 17.7 Å². The molecule has 0 saturated carbocycles. The lowest BCUT2D eigenvalue weighted by Gasteiger charge is -2.07. The summed E-state index contributed by atoms with van der Waals surface area (Å²) in [6.45, 7) is 0.103. The fraction of sp³-hybridized carbons (Fsp3) is 0.111. The van der Waals surface area contributed by atoms with Gasteiger partial charge in [-0.05, 0) is 41.3 Å². The van der Waals surface area contributed by atoms with Crippen molar-refractivity contribution in [3.8, 4) is 16.3 Å². The van der Waals surface area contributed by atoms with Crippen molar-refractivity contribution in [1.82, 2.24) is 10.3 Å². The summed E-state index contributed by atoms with van der Waals surface area (Å²) in [5.74, 6) is -0.890.